The first kappa shape index (κ1) is 13.6. The Morgan fingerprint density at radius 2 is 1.88 bits per heavy atom. The summed E-state index contributed by atoms with van der Waals surface area (Å²) in [7, 11) is 0. The maximum atomic E-state index is 12.8. The van der Waals surface area contributed by atoms with Crippen LogP contribution < -0.4 is 10.2 Å². The molecule has 0 saturated carbocycles. The van der Waals surface area contributed by atoms with Gasteiger partial charge >= 0.3 is 0 Å². The predicted molar refractivity (Wildman–Crippen MR) is 85.7 cm³/mol. The summed E-state index contributed by atoms with van der Waals surface area (Å²) in [6.45, 7) is 0. The molecule has 0 unspecified atom stereocenters. The van der Waals surface area contributed by atoms with E-state index in [0.717, 1.165) is 0 Å². The van der Waals surface area contributed by atoms with E-state index < -0.39 is 11.7 Å². The van der Waals surface area contributed by atoms with E-state index in [1.807, 2.05) is 0 Å². The highest BCUT2D eigenvalue weighted by molar-refractivity contribution is 6.33. The van der Waals surface area contributed by atoms with Crippen molar-refractivity contribution < 1.29 is 24.1 Å². The zero-order chi connectivity index (χ0) is 16.6. The molecular formula is C17H9ClO6. The Morgan fingerprint density at radius 1 is 1.08 bits per heavy atom. The number of benzene rings is 2. The molecule has 2 aromatic carbocycles. The van der Waals surface area contributed by atoms with Crippen LogP contribution in [0.3, 0.4) is 0 Å². The fourth-order valence-corrected chi connectivity index (χ4v) is 3.45. The van der Waals surface area contributed by atoms with Crippen LogP contribution >= 0.6 is 11.6 Å². The van der Waals surface area contributed by atoms with Gasteiger partial charge in [-0.1, -0.05) is 11.6 Å². The highest BCUT2D eigenvalue weighted by atomic mass is 35.5. The van der Waals surface area contributed by atoms with Gasteiger partial charge in [0.15, 0.2) is 0 Å². The molecule has 0 fully saturated rings. The van der Waals surface area contributed by atoms with Gasteiger partial charge < -0.3 is 24.1 Å². The van der Waals surface area contributed by atoms with Crippen molar-refractivity contribution in [2.75, 3.05) is 0 Å². The minimum absolute atomic E-state index is 0.0247. The number of fused-ring (bicyclic) bond motifs is 5. The van der Waals surface area contributed by atoms with Crippen LogP contribution in [0.5, 0.6) is 17.2 Å². The van der Waals surface area contributed by atoms with E-state index in [2.05, 4.69) is 0 Å². The average Bonchev–Trinajstić information content (AvgIpc) is 3.11. The van der Waals surface area contributed by atoms with E-state index in [1.54, 1.807) is 12.1 Å². The summed E-state index contributed by atoms with van der Waals surface area (Å²) in [5, 5.41) is 20.7. The highest BCUT2D eigenvalue weighted by Gasteiger charge is 2.40. The Morgan fingerprint density at radius 3 is 2.71 bits per heavy atom. The predicted octanol–water partition coefficient (Wildman–Crippen LogP) is 3.36. The molecule has 0 amide bonds. The van der Waals surface area contributed by atoms with Crippen LogP contribution in [0.4, 0.5) is 0 Å². The van der Waals surface area contributed by atoms with E-state index in [4.69, 9.17) is 25.5 Å². The largest absolute Gasteiger partial charge is 0.507 e. The van der Waals surface area contributed by atoms with E-state index in [-0.39, 0.29) is 44.4 Å². The van der Waals surface area contributed by atoms with Gasteiger partial charge in [-0.3, -0.25) is 4.79 Å². The second kappa shape index (κ2) is 4.36. The van der Waals surface area contributed by atoms with Gasteiger partial charge in [-0.25, -0.2) is 0 Å². The standard InChI is InChI=1S/C17H9ClO6/c18-7-1-2-8-12(14(7)19)16(21)13-10(23-8)5-9-11(15(13)20)6-3-4-22-17(6)24-9/h1-6,17,19-20H/t6-,17+/m1/s1. The molecule has 24 heavy (non-hydrogen) atoms. The molecule has 2 atom stereocenters. The average molecular weight is 345 g/mol. The maximum Gasteiger partial charge on any atom is 0.250 e. The van der Waals surface area contributed by atoms with Crippen molar-refractivity contribution in [2.24, 2.45) is 0 Å². The third kappa shape index (κ3) is 1.53. The van der Waals surface area contributed by atoms with Gasteiger partial charge in [0.05, 0.1) is 22.8 Å². The van der Waals surface area contributed by atoms with Crippen LogP contribution in [0, 0.1) is 0 Å². The molecule has 1 aromatic heterocycles. The fraction of sp³-hybridized carbons (Fsp3) is 0.118. The Labute approximate surface area is 139 Å². The third-order valence-corrected chi connectivity index (χ3v) is 4.70. The van der Waals surface area contributed by atoms with Crippen LogP contribution in [0.15, 0.2) is 39.7 Å². The summed E-state index contributed by atoms with van der Waals surface area (Å²) in [6, 6.07) is 4.47. The van der Waals surface area contributed by atoms with Crippen LogP contribution in [0.25, 0.3) is 21.9 Å². The minimum atomic E-state index is -0.560. The van der Waals surface area contributed by atoms with E-state index in [9.17, 15) is 15.0 Å². The Hall–Kier alpha value is -2.86. The maximum absolute atomic E-state index is 12.8. The van der Waals surface area contributed by atoms with E-state index in [1.165, 1.54) is 18.4 Å². The summed E-state index contributed by atoms with van der Waals surface area (Å²) in [6.07, 6.45) is 2.69. The minimum Gasteiger partial charge on any atom is -0.507 e. The molecule has 2 aliphatic rings. The molecule has 2 N–H and O–H groups in total. The third-order valence-electron chi connectivity index (χ3n) is 4.40. The topological polar surface area (TPSA) is 89.1 Å². The molecule has 0 radical (unpaired) electrons. The molecule has 0 bridgehead atoms. The molecule has 3 heterocycles. The first-order chi connectivity index (χ1) is 11.6. The number of phenols is 2. The summed E-state index contributed by atoms with van der Waals surface area (Å²) >= 11 is 5.88. The Kier molecular flexibility index (Phi) is 2.46. The fourth-order valence-electron chi connectivity index (χ4n) is 3.29. The van der Waals surface area contributed by atoms with E-state index >= 15 is 0 Å². The molecule has 0 saturated heterocycles. The van der Waals surface area contributed by atoms with Crippen LogP contribution in [0.2, 0.25) is 5.02 Å². The molecule has 0 spiro atoms. The van der Waals surface area contributed by atoms with Crippen molar-refractivity contribution in [2.45, 2.75) is 12.2 Å². The number of aromatic hydroxyl groups is 2. The van der Waals surface area contributed by atoms with Crippen LogP contribution in [-0.2, 0) is 4.74 Å². The molecule has 7 heteroatoms. The van der Waals surface area contributed by atoms with Gasteiger partial charge in [0, 0.05) is 6.07 Å². The van der Waals surface area contributed by atoms with Crippen molar-refractivity contribution in [3.63, 3.8) is 0 Å². The van der Waals surface area contributed by atoms with Crippen LogP contribution in [-0.4, -0.2) is 16.5 Å². The molecular weight excluding hydrogens is 336 g/mol. The number of halogens is 1. The van der Waals surface area contributed by atoms with E-state index in [0.29, 0.717) is 11.3 Å². The zero-order valence-electron chi connectivity index (χ0n) is 11.9. The summed E-state index contributed by atoms with van der Waals surface area (Å²) in [4.78, 5) is 12.8. The Balaban J connectivity index is 1.95. The molecule has 0 aliphatic carbocycles. The molecule has 6 nitrogen and oxygen atoms in total. The quantitative estimate of drug-likeness (QED) is 0.608. The molecule has 5 rings (SSSR count). The van der Waals surface area contributed by atoms with Crippen molar-refractivity contribution in [3.8, 4) is 17.2 Å². The lowest BCUT2D eigenvalue weighted by atomic mass is 9.97. The molecule has 3 aromatic rings. The summed E-state index contributed by atoms with van der Waals surface area (Å²) in [5.74, 6) is -0.504. The van der Waals surface area contributed by atoms with Gasteiger partial charge in [0.1, 0.15) is 39.2 Å². The number of hydrogen-bond donors (Lipinski definition) is 2. The van der Waals surface area contributed by atoms with Gasteiger partial charge in [0.2, 0.25) is 5.43 Å². The number of ether oxygens (including phenoxy) is 2. The number of hydrogen-bond acceptors (Lipinski definition) is 6. The van der Waals surface area contributed by atoms with Crippen molar-refractivity contribution in [1.82, 2.24) is 0 Å². The van der Waals surface area contributed by atoms with Crippen molar-refractivity contribution in [1.29, 1.82) is 0 Å². The first-order valence-corrected chi connectivity index (χ1v) is 7.56. The van der Waals surface area contributed by atoms with Gasteiger partial charge in [-0.05, 0) is 18.2 Å². The first-order valence-electron chi connectivity index (χ1n) is 7.19. The SMILES string of the molecule is O=c1c2c(O)c(Cl)ccc2oc2cc3c(c(O)c12)[C@H]1C=CO[C@H]1O3. The molecule has 2 aliphatic heterocycles. The smallest absolute Gasteiger partial charge is 0.250 e. The normalized spacial score (nSPS) is 20.9. The Bertz CT molecular complexity index is 1130. The molecule has 120 valence electrons. The number of rotatable bonds is 0. The number of phenolic OH excluding ortho intramolecular Hbond substituents is 2. The highest BCUT2D eigenvalue weighted by Crippen LogP contribution is 2.49. The van der Waals surface area contributed by atoms with Gasteiger partial charge in [-0.15, -0.1) is 0 Å². The van der Waals surface area contributed by atoms with Gasteiger partial charge in [-0.2, -0.15) is 0 Å². The van der Waals surface area contributed by atoms with Crippen molar-refractivity contribution >= 4 is 33.5 Å². The van der Waals surface area contributed by atoms with Crippen LogP contribution in [0.1, 0.15) is 11.5 Å². The zero-order valence-corrected chi connectivity index (χ0v) is 12.7. The van der Waals surface area contributed by atoms with Crippen molar-refractivity contribution in [3.05, 3.63) is 51.3 Å². The monoisotopic (exact) mass is 344 g/mol. The summed E-state index contributed by atoms with van der Waals surface area (Å²) in [5.41, 5.74) is 0.241. The second-order valence-electron chi connectivity index (χ2n) is 5.69. The van der Waals surface area contributed by atoms with Gasteiger partial charge in [0.25, 0.3) is 6.29 Å². The lowest BCUT2D eigenvalue weighted by molar-refractivity contribution is -0.00481. The second-order valence-corrected chi connectivity index (χ2v) is 6.09. The lowest BCUT2D eigenvalue weighted by Gasteiger charge is -2.09. The lowest BCUT2D eigenvalue weighted by Crippen LogP contribution is -2.14. The summed E-state index contributed by atoms with van der Waals surface area (Å²) < 4.78 is 16.6.